The molecule has 0 amide bonds. The minimum atomic E-state index is -0.421. The number of rotatable bonds is 16. The molecule has 0 saturated carbocycles. The SMILES string of the molecule is C=CC(=O)OCCCCCCOc1ccc(C(=O)Oc2ccc(-c3ccc(OCCCC)cc3)cc2)cc1. The molecule has 0 radical (unpaired) electrons. The van der Waals surface area contributed by atoms with Gasteiger partial charge in [-0.1, -0.05) is 44.2 Å². The van der Waals surface area contributed by atoms with Crippen molar-refractivity contribution in [2.75, 3.05) is 19.8 Å². The van der Waals surface area contributed by atoms with Crippen LogP contribution in [0.1, 0.15) is 55.8 Å². The quantitative estimate of drug-likeness (QED) is 0.0854. The zero-order valence-electron chi connectivity index (χ0n) is 22.0. The molecule has 0 unspecified atom stereocenters. The molecule has 0 aliphatic heterocycles. The fourth-order valence-corrected chi connectivity index (χ4v) is 3.63. The highest BCUT2D eigenvalue weighted by Gasteiger charge is 2.09. The minimum Gasteiger partial charge on any atom is -0.494 e. The maximum absolute atomic E-state index is 12.6. The fraction of sp³-hybridized carbons (Fsp3) is 0.312. The summed E-state index contributed by atoms with van der Waals surface area (Å²) >= 11 is 0. The summed E-state index contributed by atoms with van der Waals surface area (Å²) in [6.45, 7) is 7.23. The summed E-state index contributed by atoms with van der Waals surface area (Å²) in [5.41, 5.74) is 2.55. The van der Waals surface area contributed by atoms with E-state index in [0.717, 1.165) is 62.0 Å². The summed E-state index contributed by atoms with van der Waals surface area (Å²) < 4.78 is 21.9. The Labute approximate surface area is 225 Å². The van der Waals surface area contributed by atoms with E-state index < -0.39 is 5.97 Å². The van der Waals surface area contributed by atoms with Crippen molar-refractivity contribution in [1.82, 2.24) is 0 Å². The van der Waals surface area contributed by atoms with E-state index in [1.165, 1.54) is 6.08 Å². The van der Waals surface area contributed by atoms with E-state index in [2.05, 4.69) is 13.5 Å². The van der Waals surface area contributed by atoms with Gasteiger partial charge in [0.15, 0.2) is 0 Å². The standard InChI is InChI=1S/C32H36O6/c1-3-5-22-35-28-16-10-25(11-17-28)26-12-20-30(21-13-26)38-32(34)27-14-18-29(19-15-27)36-23-8-6-7-9-24-37-31(33)4-2/h4,10-21H,2-3,5-9,22-24H2,1H3. The van der Waals surface area contributed by atoms with Gasteiger partial charge in [-0.05, 0) is 91.8 Å². The molecular weight excluding hydrogens is 480 g/mol. The van der Waals surface area contributed by atoms with Crippen LogP contribution in [0, 0.1) is 0 Å². The molecule has 3 rings (SSSR count). The third-order valence-corrected chi connectivity index (χ3v) is 5.83. The highest BCUT2D eigenvalue weighted by atomic mass is 16.5. The number of carbonyl (C=O) groups is 2. The molecule has 0 N–H and O–H groups in total. The van der Waals surface area contributed by atoms with E-state index in [1.807, 2.05) is 36.4 Å². The van der Waals surface area contributed by atoms with Crippen LogP contribution in [0.25, 0.3) is 11.1 Å². The lowest BCUT2D eigenvalue weighted by Gasteiger charge is -2.09. The summed E-state index contributed by atoms with van der Waals surface area (Å²) in [4.78, 5) is 23.5. The Hall–Kier alpha value is -4.06. The molecule has 0 atom stereocenters. The van der Waals surface area contributed by atoms with Gasteiger partial charge in [0, 0.05) is 6.08 Å². The maximum Gasteiger partial charge on any atom is 0.343 e. The smallest absolute Gasteiger partial charge is 0.343 e. The van der Waals surface area contributed by atoms with Gasteiger partial charge < -0.3 is 18.9 Å². The highest BCUT2D eigenvalue weighted by Crippen LogP contribution is 2.25. The third kappa shape index (κ3) is 9.77. The third-order valence-electron chi connectivity index (χ3n) is 5.83. The number of hydrogen-bond donors (Lipinski definition) is 0. The lowest BCUT2D eigenvalue weighted by Crippen LogP contribution is -2.08. The summed E-state index contributed by atoms with van der Waals surface area (Å²) in [7, 11) is 0. The van der Waals surface area contributed by atoms with Crippen molar-refractivity contribution in [3.63, 3.8) is 0 Å². The second kappa shape index (κ2) is 15.9. The lowest BCUT2D eigenvalue weighted by molar-refractivity contribution is -0.137. The van der Waals surface area contributed by atoms with E-state index >= 15 is 0 Å². The zero-order chi connectivity index (χ0) is 27.0. The predicted octanol–water partition coefficient (Wildman–Crippen LogP) is 7.42. The number of carbonyl (C=O) groups excluding carboxylic acids is 2. The van der Waals surface area contributed by atoms with Gasteiger partial charge in [-0.15, -0.1) is 0 Å². The highest BCUT2D eigenvalue weighted by molar-refractivity contribution is 5.91. The van der Waals surface area contributed by atoms with Crippen molar-refractivity contribution in [3.05, 3.63) is 91.0 Å². The largest absolute Gasteiger partial charge is 0.494 e. The second-order valence-corrected chi connectivity index (χ2v) is 8.80. The first-order valence-corrected chi connectivity index (χ1v) is 13.2. The molecule has 0 bridgehead atoms. The molecule has 0 aliphatic rings. The van der Waals surface area contributed by atoms with Crippen molar-refractivity contribution in [3.8, 4) is 28.4 Å². The fourth-order valence-electron chi connectivity index (χ4n) is 3.63. The first kappa shape index (κ1) is 28.5. The molecular formula is C32H36O6. The number of ether oxygens (including phenoxy) is 4. The molecule has 0 spiro atoms. The monoisotopic (exact) mass is 516 g/mol. The maximum atomic E-state index is 12.6. The van der Waals surface area contributed by atoms with Crippen LogP contribution in [0.15, 0.2) is 85.5 Å². The number of esters is 2. The van der Waals surface area contributed by atoms with Crippen molar-refractivity contribution in [2.24, 2.45) is 0 Å². The molecule has 38 heavy (non-hydrogen) atoms. The average molecular weight is 517 g/mol. The van der Waals surface area contributed by atoms with Gasteiger partial charge in [-0.2, -0.15) is 0 Å². The molecule has 0 aromatic heterocycles. The first-order valence-electron chi connectivity index (χ1n) is 13.2. The number of unbranched alkanes of at least 4 members (excludes halogenated alkanes) is 4. The Morgan fingerprint density at radius 3 is 1.71 bits per heavy atom. The Balaban J connectivity index is 1.39. The van der Waals surface area contributed by atoms with Crippen LogP contribution in [-0.2, 0) is 9.53 Å². The van der Waals surface area contributed by atoms with E-state index in [0.29, 0.717) is 30.3 Å². The van der Waals surface area contributed by atoms with Crippen molar-refractivity contribution in [1.29, 1.82) is 0 Å². The normalized spacial score (nSPS) is 10.4. The number of benzene rings is 3. The van der Waals surface area contributed by atoms with Gasteiger partial charge >= 0.3 is 11.9 Å². The van der Waals surface area contributed by atoms with Crippen LogP contribution in [0.5, 0.6) is 17.2 Å². The van der Waals surface area contributed by atoms with Gasteiger partial charge in [0.2, 0.25) is 0 Å². The first-order chi connectivity index (χ1) is 18.6. The topological polar surface area (TPSA) is 71.1 Å². The molecule has 6 heteroatoms. The number of hydrogen-bond acceptors (Lipinski definition) is 6. The van der Waals surface area contributed by atoms with E-state index in [1.54, 1.807) is 36.4 Å². The van der Waals surface area contributed by atoms with Gasteiger partial charge in [0.25, 0.3) is 0 Å². The average Bonchev–Trinajstić information content (AvgIpc) is 2.95. The van der Waals surface area contributed by atoms with Crippen molar-refractivity contribution < 1.29 is 28.5 Å². The molecule has 3 aromatic rings. The second-order valence-electron chi connectivity index (χ2n) is 8.80. The van der Waals surface area contributed by atoms with E-state index in [-0.39, 0.29) is 5.97 Å². The Bertz CT molecular complexity index is 1130. The summed E-state index contributed by atoms with van der Waals surface area (Å²) in [6, 6.07) is 22.4. The van der Waals surface area contributed by atoms with Gasteiger partial charge in [-0.3, -0.25) is 0 Å². The molecule has 3 aromatic carbocycles. The van der Waals surface area contributed by atoms with E-state index in [9.17, 15) is 9.59 Å². The van der Waals surface area contributed by atoms with Gasteiger partial charge in [-0.25, -0.2) is 9.59 Å². The summed E-state index contributed by atoms with van der Waals surface area (Å²) in [5.74, 6) is 1.24. The molecule has 0 saturated heterocycles. The summed E-state index contributed by atoms with van der Waals surface area (Å²) in [6.07, 6.45) is 6.97. The van der Waals surface area contributed by atoms with Crippen LogP contribution in [0.2, 0.25) is 0 Å². The Morgan fingerprint density at radius 1 is 0.658 bits per heavy atom. The van der Waals surface area contributed by atoms with E-state index in [4.69, 9.17) is 18.9 Å². The zero-order valence-corrected chi connectivity index (χ0v) is 22.0. The van der Waals surface area contributed by atoms with Crippen LogP contribution in [0.3, 0.4) is 0 Å². The summed E-state index contributed by atoms with van der Waals surface area (Å²) in [5, 5.41) is 0. The molecule has 0 fully saturated rings. The minimum absolute atomic E-state index is 0.385. The van der Waals surface area contributed by atoms with Crippen LogP contribution in [0.4, 0.5) is 0 Å². The van der Waals surface area contributed by atoms with Crippen LogP contribution >= 0.6 is 0 Å². The van der Waals surface area contributed by atoms with Gasteiger partial charge in [0.05, 0.1) is 25.4 Å². The van der Waals surface area contributed by atoms with Crippen LogP contribution < -0.4 is 14.2 Å². The molecule has 6 nitrogen and oxygen atoms in total. The van der Waals surface area contributed by atoms with Crippen molar-refractivity contribution in [2.45, 2.75) is 45.4 Å². The molecule has 0 aliphatic carbocycles. The molecule has 0 heterocycles. The van der Waals surface area contributed by atoms with Crippen LogP contribution in [-0.4, -0.2) is 31.8 Å². The van der Waals surface area contributed by atoms with Crippen molar-refractivity contribution >= 4 is 11.9 Å². The lowest BCUT2D eigenvalue weighted by atomic mass is 10.1. The molecule has 200 valence electrons. The Kier molecular flexibility index (Phi) is 11.9. The van der Waals surface area contributed by atoms with Gasteiger partial charge in [0.1, 0.15) is 17.2 Å². The Morgan fingerprint density at radius 2 is 1.16 bits per heavy atom. The predicted molar refractivity (Wildman–Crippen MR) is 149 cm³/mol.